The fourth-order valence-electron chi connectivity index (χ4n) is 4.56. The number of rotatable bonds is 5. The van der Waals surface area contributed by atoms with E-state index in [2.05, 4.69) is 15.6 Å². The second kappa shape index (κ2) is 10.5. The largest absolute Gasteiger partial charge is 0.383 e. The van der Waals surface area contributed by atoms with Crippen LogP contribution in [0.15, 0.2) is 111 Å². The van der Waals surface area contributed by atoms with Gasteiger partial charge in [-0.15, -0.1) is 0 Å². The molecule has 1 unspecified atom stereocenters. The van der Waals surface area contributed by atoms with E-state index in [9.17, 15) is 4.79 Å². The monoisotopic (exact) mass is 548 g/mol. The molecule has 0 aliphatic carbocycles. The summed E-state index contributed by atoms with van der Waals surface area (Å²) in [5.41, 5.74) is 19.1. The number of aromatic nitrogens is 2. The van der Waals surface area contributed by atoms with Crippen molar-refractivity contribution >= 4 is 52.2 Å². The molecule has 3 heterocycles. The molecule has 0 spiro atoms. The Balaban J connectivity index is 1.61. The first kappa shape index (κ1) is 25.1. The molecule has 2 aliphatic heterocycles. The Morgan fingerprint density at radius 2 is 1.65 bits per heavy atom. The quantitative estimate of drug-likeness (QED) is 0.289. The normalized spacial score (nSPS) is 19.1. The molecule has 40 heavy (non-hydrogen) atoms. The lowest BCUT2D eigenvalue weighted by Gasteiger charge is -2.33. The Morgan fingerprint density at radius 3 is 2.30 bits per heavy atom. The predicted octanol–water partition coefficient (Wildman–Crippen LogP) is 4.02. The minimum absolute atomic E-state index is 0.331. The third kappa shape index (κ3) is 4.39. The molecule has 2 aliphatic rings. The van der Waals surface area contributed by atoms with Gasteiger partial charge in [0, 0.05) is 0 Å². The number of carbonyl (C=O) groups excluding carboxylic acids is 1. The van der Waals surface area contributed by atoms with Crippen molar-refractivity contribution in [1.82, 2.24) is 15.6 Å². The second-order valence-electron chi connectivity index (χ2n) is 8.86. The van der Waals surface area contributed by atoms with Gasteiger partial charge in [-0.05, 0) is 36.4 Å². The third-order valence-electron chi connectivity index (χ3n) is 6.28. The van der Waals surface area contributed by atoms with E-state index in [4.69, 9.17) is 21.7 Å². The number of fused-ring (bicyclic) bond motifs is 1. The van der Waals surface area contributed by atoms with Crippen LogP contribution in [0.2, 0.25) is 0 Å². The number of anilines is 4. The molecule has 1 atom stereocenters. The van der Waals surface area contributed by atoms with Crippen LogP contribution in [0.25, 0.3) is 0 Å². The van der Waals surface area contributed by atoms with Crippen LogP contribution in [0.1, 0.15) is 6.42 Å². The second-order valence-corrected chi connectivity index (χ2v) is 9.86. The number of aromatic amines is 1. The molecule has 12 heteroatoms. The summed E-state index contributed by atoms with van der Waals surface area (Å²) in [6.45, 7) is 0. The fourth-order valence-corrected chi connectivity index (χ4v) is 5.69. The molecule has 1 fully saturated rings. The van der Waals surface area contributed by atoms with E-state index in [1.165, 1.54) is 16.8 Å². The van der Waals surface area contributed by atoms with Crippen LogP contribution >= 0.6 is 11.8 Å². The number of nitrogens with zero attached hydrogens (tertiary/aromatic N) is 6. The molecule has 6 rings (SSSR count). The van der Waals surface area contributed by atoms with Crippen molar-refractivity contribution in [3.05, 3.63) is 102 Å². The topological polar surface area (TPSA) is 156 Å². The number of nitriles is 1. The Kier molecular flexibility index (Phi) is 6.57. The van der Waals surface area contributed by atoms with Gasteiger partial charge in [0.15, 0.2) is 11.7 Å². The highest BCUT2D eigenvalue weighted by Crippen LogP contribution is 2.50. The number of benzene rings is 3. The molecule has 1 saturated heterocycles. The van der Waals surface area contributed by atoms with E-state index in [-0.39, 0.29) is 6.42 Å². The number of nitrogens with two attached hydrogens (primary N) is 2. The highest BCUT2D eigenvalue weighted by Gasteiger charge is 2.46. The Hall–Kier alpha value is -5.25. The Labute approximate surface area is 234 Å². The number of amidine groups is 1. The van der Waals surface area contributed by atoms with Crippen LogP contribution in [0, 0.1) is 11.3 Å². The van der Waals surface area contributed by atoms with Gasteiger partial charge >= 0.3 is 0 Å². The standard InChI is InChI=1S/C28H24N10OS/c29-17-16-21(39)35-36-27-23(24(30)33-34-27)40-28(36)22-25(31)37(19-12-6-2-7-13-19)38(20-14-8-3-9-15-20)26(22)32-18-10-4-1-5-11-18/h1-15,25H,16,31H2,(H,35,39)(H3,30,33,34)/b28-22-,32-26?. The molecule has 0 radical (unpaired) electrons. The van der Waals surface area contributed by atoms with Gasteiger partial charge in [0.25, 0.3) is 5.91 Å². The first-order chi connectivity index (χ1) is 19.6. The number of thioether (sulfide) groups is 1. The van der Waals surface area contributed by atoms with Gasteiger partial charge in [-0.2, -0.15) is 10.4 Å². The predicted molar refractivity (Wildman–Crippen MR) is 156 cm³/mol. The summed E-state index contributed by atoms with van der Waals surface area (Å²) >= 11 is 1.32. The average molecular weight is 549 g/mol. The molecular formula is C28H24N10OS. The Morgan fingerprint density at radius 1 is 1.02 bits per heavy atom. The SMILES string of the molecule is N#CCC(=O)NN1/C(=C2/C(=Nc3ccccc3)N(c3ccccc3)N(c3ccccc3)C2N)Sc2c1n[nH]c2N. The van der Waals surface area contributed by atoms with Gasteiger partial charge in [-0.3, -0.25) is 20.3 Å². The minimum Gasteiger partial charge on any atom is -0.383 e. The summed E-state index contributed by atoms with van der Waals surface area (Å²) < 4.78 is 0. The summed E-state index contributed by atoms with van der Waals surface area (Å²) in [4.78, 5) is 18.4. The number of hydrogen-bond acceptors (Lipinski definition) is 9. The maximum Gasteiger partial charge on any atom is 0.253 e. The highest BCUT2D eigenvalue weighted by molar-refractivity contribution is 8.04. The van der Waals surface area contributed by atoms with Crippen LogP contribution in [0.5, 0.6) is 0 Å². The van der Waals surface area contributed by atoms with Gasteiger partial charge in [0.2, 0.25) is 0 Å². The summed E-state index contributed by atoms with van der Waals surface area (Å²) in [5, 5.41) is 22.2. The number of H-pyrrole nitrogens is 1. The molecule has 11 nitrogen and oxygen atoms in total. The number of carbonyl (C=O) groups is 1. The van der Waals surface area contributed by atoms with Gasteiger partial charge < -0.3 is 11.5 Å². The maximum absolute atomic E-state index is 12.6. The smallest absolute Gasteiger partial charge is 0.253 e. The molecule has 198 valence electrons. The molecule has 1 aromatic heterocycles. The van der Waals surface area contributed by atoms with Gasteiger partial charge in [-0.25, -0.2) is 15.0 Å². The lowest BCUT2D eigenvalue weighted by molar-refractivity contribution is -0.120. The van der Waals surface area contributed by atoms with Crippen LogP contribution in [-0.4, -0.2) is 28.1 Å². The number of amides is 1. The van der Waals surface area contributed by atoms with Crippen molar-refractivity contribution in [1.29, 1.82) is 5.26 Å². The maximum atomic E-state index is 12.6. The molecule has 0 saturated carbocycles. The van der Waals surface area contributed by atoms with E-state index in [0.717, 1.165) is 17.1 Å². The van der Waals surface area contributed by atoms with Crippen LogP contribution in [-0.2, 0) is 4.79 Å². The highest BCUT2D eigenvalue weighted by atomic mass is 32.2. The summed E-state index contributed by atoms with van der Waals surface area (Å²) in [6, 6.07) is 31.0. The van der Waals surface area contributed by atoms with E-state index >= 15 is 0 Å². The van der Waals surface area contributed by atoms with Crippen molar-refractivity contribution in [3.8, 4) is 6.07 Å². The first-order valence-corrected chi connectivity index (χ1v) is 13.2. The zero-order valence-electron chi connectivity index (χ0n) is 21.1. The van der Waals surface area contributed by atoms with Crippen molar-refractivity contribution in [2.45, 2.75) is 17.5 Å². The van der Waals surface area contributed by atoms with E-state index in [1.807, 2.05) is 107 Å². The number of para-hydroxylation sites is 3. The van der Waals surface area contributed by atoms with Crippen molar-refractivity contribution in [3.63, 3.8) is 0 Å². The lowest BCUT2D eigenvalue weighted by Crippen LogP contribution is -2.47. The average Bonchev–Trinajstić information content (AvgIpc) is 3.61. The molecular weight excluding hydrogens is 524 g/mol. The van der Waals surface area contributed by atoms with E-state index in [1.54, 1.807) is 0 Å². The number of hydrazine groups is 2. The summed E-state index contributed by atoms with van der Waals surface area (Å²) in [5.74, 6) is 0.821. The van der Waals surface area contributed by atoms with Crippen LogP contribution in [0.3, 0.4) is 0 Å². The lowest BCUT2D eigenvalue weighted by atomic mass is 10.2. The van der Waals surface area contributed by atoms with Crippen molar-refractivity contribution in [2.24, 2.45) is 10.7 Å². The van der Waals surface area contributed by atoms with Gasteiger partial charge in [0.05, 0.1) is 28.7 Å². The Bertz CT molecular complexity index is 1650. The summed E-state index contributed by atoms with van der Waals surface area (Å²) in [7, 11) is 0. The third-order valence-corrected chi connectivity index (χ3v) is 7.48. The van der Waals surface area contributed by atoms with E-state index < -0.39 is 12.1 Å². The number of nitrogen functional groups attached to an aromatic ring is 1. The zero-order valence-corrected chi connectivity index (χ0v) is 21.9. The van der Waals surface area contributed by atoms with Crippen LogP contribution < -0.4 is 31.9 Å². The number of nitrogens with one attached hydrogen (secondary N) is 2. The van der Waals surface area contributed by atoms with Gasteiger partial charge in [0.1, 0.15) is 28.3 Å². The molecule has 6 N–H and O–H groups in total. The number of aliphatic imine (C=N–C) groups is 1. The first-order valence-electron chi connectivity index (χ1n) is 12.4. The van der Waals surface area contributed by atoms with Gasteiger partial charge in [-0.1, -0.05) is 66.4 Å². The van der Waals surface area contributed by atoms with Crippen molar-refractivity contribution in [2.75, 3.05) is 20.8 Å². The zero-order chi connectivity index (χ0) is 27.6. The molecule has 1 amide bonds. The minimum atomic E-state index is -0.725. The molecule has 4 aromatic rings. The van der Waals surface area contributed by atoms with E-state index in [0.29, 0.717) is 33.0 Å². The molecule has 3 aromatic carbocycles. The molecule has 0 bridgehead atoms. The number of hydrogen-bond donors (Lipinski definition) is 4. The van der Waals surface area contributed by atoms with Crippen molar-refractivity contribution < 1.29 is 4.79 Å². The summed E-state index contributed by atoms with van der Waals surface area (Å²) in [6.07, 6.45) is -1.06. The fraction of sp³-hybridized carbons (Fsp3) is 0.0714. The van der Waals surface area contributed by atoms with Crippen LogP contribution in [0.4, 0.5) is 28.7 Å².